The topological polar surface area (TPSA) is 46.9 Å². The molecule has 2 aromatic heterocycles. The normalized spacial score (nSPS) is 10.5. The maximum atomic E-state index is 12.2. The van der Waals surface area contributed by atoms with E-state index in [-0.39, 0.29) is 5.91 Å². The van der Waals surface area contributed by atoms with Gasteiger partial charge in [-0.1, -0.05) is 24.6 Å². The van der Waals surface area contributed by atoms with Gasteiger partial charge in [0.25, 0.3) is 5.91 Å². The SMILES string of the molecule is CCCn1cc(Br)cc1C(=O)Nc1cccc(Cl)n1. The highest BCUT2D eigenvalue weighted by Crippen LogP contribution is 2.17. The van der Waals surface area contributed by atoms with Crippen molar-refractivity contribution in [3.05, 3.63) is 45.8 Å². The van der Waals surface area contributed by atoms with Gasteiger partial charge in [-0.25, -0.2) is 4.98 Å². The van der Waals surface area contributed by atoms with Crippen molar-refractivity contribution in [1.82, 2.24) is 9.55 Å². The molecule has 100 valence electrons. The van der Waals surface area contributed by atoms with Crippen LogP contribution in [0.2, 0.25) is 5.15 Å². The van der Waals surface area contributed by atoms with E-state index in [0.717, 1.165) is 17.4 Å². The number of pyridine rings is 1. The lowest BCUT2D eigenvalue weighted by atomic mass is 10.3. The molecule has 1 amide bonds. The van der Waals surface area contributed by atoms with E-state index in [1.807, 2.05) is 10.8 Å². The monoisotopic (exact) mass is 341 g/mol. The van der Waals surface area contributed by atoms with Crippen LogP contribution in [0.15, 0.2) is 34.9 Å². The van der Waals surface area contributed by atoms with Crippen molar-refractivity contribution in [1.29, 1.82) is 0 Å². The number of aromatic nitrogens is 2. The lowest BCUT2D eigenvalue weighted by molar-refractivity contribution is 0.101. The zero-order chi connectivity index (χ0) is 13.8. The summed E-state index contributed by atoms with van der Waals surface area (Å²) in [6.07, 6.45) is 2.85. The van der Waals surface area contributed by atoms with Gasteiger partial charge in [-0.2, -0.15) is 0 Å². The number of carbonyl (C=O) groups is 1. The van der Waals surface area contributed by atoms with Gasteiger partial charge in [-0.05, 0) is 40.5 Å². The standard InChI is InChI=1S/C13H13BrClN3O/c1-2-6-18-8-9(14)7-10(18)13(19)17-12-5-3-4-11(15)16-12/h3-5,7-8H,2,6H2,1H3,(H,16,17,19). The third-order valence-electron chi connectivity index (χ3n) is 2.52. The number of carbonyl (C=O) groups excluding carboxylic acids is 1. The fourth-order valence-corrected chi connectivity index (χ4v) is 2.38. The van der Waals surface area contributed by atoms with Crippen LogP contribution in [-0.4, -0.2) is 15.5 Å². The minimum atomic E-state index is -0.200. The molecule has 4 nitrogen and oxygen atoms in total. The molecule has 19 heavy (non-hydrogen) atoms. The van der Waals surface area contributed by atoms with Crippen molar-refractivity contribution < 1.29 is 4.79 Å². The van der Waals surface area contributed by atoms with Gasteiger partial charge in [0.05, 0.1) is 0 Å². The fraction of sp³-hybridized carbons (Fsp3) is 0.231. The Morgan fingerprint density at radius 1 is 1.53 bits per heavy atom. The molecule has 1 N–H and O–H groups in total. The first kappa shape index (κ1) is 14.1. The molecule has 0 radical (unpaired) electrons. The highest BCUT2D eigenvalue weighted by Gasteiger charge is 2.13. The molecular weight excluding hydrogens is 330 g/mol. The van der Waals surface area contributed by atoms with Crippen molar-refractivity contribution in [3.8, 4) is 0 Å². The van der Waals surface area contributed by atoms with Crippen molar-refractivity contribution in [2.45, 2.75) is 19.9 Å². The van der Waals surface area contributed by atoms with Crippen LogP contribution in [0, 0.1) is 0 Å². The molecule has 0 aliphatic heterocycles. The first-order valence-electron chi connectivity index (χ1n) is 5.89. The number of hydrogen-bond acceptors (Lipinski definition) is 2. The Morgan fingerprint density at radius 2 is 2.32 bits per heavy atom. The summed E-state index contributed by atoms with van der Waals surface area (Å²) >= 11 is 9.17. The third-order valence-corrected chi connectivity index (χ3v) is 3.16. The molecule has 0 aliphatic carbocycles. The zero-order valence-electron chi connectivity index (χ0n) is 10.4. The second kappa shape index (κ2) is 6.21. The van der Waals surface area contributed by atoms with Gasteiger partial charge in [-0.15, -0.1) is 0 Å². The highest BCUT2D eigenvalue weighted by molar-refractivity contribution is 9.10. The quantitative estimate of drug-likeness (QED) is 0.855. The summed E-state index contributed by atoms with van der Waals surface area (Å²) in [7, 11) is 0. The van der Waals surface area contributed by atoms with Crippen LogP contribution in [0.1, 0.15) is 23.8 Å². The van der Waals surface area contributed by atoms with Crippen LogP contribution < -0.4 is 5.32 Å². The minimum absolute atomic E-state index is 0.200. The Hall–Kier alpha value is -1.33. The van der Waals surface area contributed by atoms with Crippen LogP contribution in [0.25, 0.3) is 0 Å². The summed E-state index contributed by atoms with van der Waals surface area (Å²) < 4.78 is 2.79. The number of rotatable bonds is 4. The van der Waals surface area contributed by atoms with E-state index in [1.54, 1.807) is 24.3 Å². The lowest BCUT2D eigenvalue weighted by Crippen LogP contribution is -2.17. The Labute approximate surface area is 124 Å². The maximum Gasteiger partial charge on any atom is 0.273 e. The average molecular weight is 343 g/mol. The summed E-state index contributed by atoms with van der Waals surface area (Å²) in [5.74, 6) is 0.242. The summed E-state index contributed by atoms with van der Waals surface area (Å²) in [6, 6.07) is 6.89. The van der Waals surface area contributed by atoms with E-state index >= 15 is 0 Å². The number of nitrogens with one attached hydrogen (secondary N) is 1. The van der Waals surface area contributed by atoms with E-state index < -0.39 is 0 Å². The third kappa shape index (κ3) is 3.58. The molecule has 6 heteroatoms. The van der Waals surface area contributed by atoms with Gasteiger partial charge in [0.15, 0.2) is 0 Å². The van der Waals surface area contributed by atoms with Gasteiger partial charge in [0, 0.05) is 17.2 Å². The Bertz CT molecular complexity index is 597. The first-order valence-corrected chi connectivity index (χ1v) is 7.07. The minimum Gasteiger partial charge on any atom is -0.342 e. The summed E-state index contributed by atoms with van der Waals surface area (Å²) in [6.45, 7) is 2.85. The maximum absolute atomic E-state index is 12.2. The number of hydrogen-bond donors (Lipinski definition) is 1. The van der Waals surface area contributed by atoms with Gasteiger partial charge in [0.2, 0.25) is 0 Å². The van der Waals surface area contributed by atoms with E-state index in [9.17, 15) is 4.79 Å². The van der Waals surface area contributed by atoms with E-state index in [0.29, 0.717) is 16.7 Å². The van der Waals surface area contributed by atoms with Gasteiger partial charge in [0.1, 0.15) is 16.7 Å². The average Bonchev–Trinajstić information content (AvgIpc) is 2.71. The number of aryl methyl sites for hydroxylation is 1. The fourth-order valence-electron chi connectivity index (χ4n) is 1.75. The Kier molecular flexibility index (Phi) is 4.61. The van der Waals surface area contributed by atoms with Gasteiger partial charge >= 0.3 is 0 Å². The highest BCUT2D eigenvalue weighted by atomic mass is 79.9. The van der Waals surface area contributed by atoms with Crippen LogP contribution >= 0.6 is 27.5 Å². The molecular formula is C13H13BrClN3O. The van der Waals surface area contributed by atoms with E-state index in [2.05, 4.69) is 33.2 Å². The number of nitrogens with zero attached hydrogens (tertiary/aromatic N) is 2. The van der Waals surface area contributed by atoms with Crippen LogP contribution in [0.5, 0.6) is 0 Å². The molecule has 2 aromatic rings. The Balaban J connectivity index is 2.20. The predicted octanol–water partition coefficient (Wildman–Crippen LogP) is 3.96. The molecule has 0 spiro atoms. The van der Waals surface area contributed by atoms with Crippen molar-refractivity contribution in [3.63, 3.8) is 0 Å². The molecule has 0 fully saturated rings. The first-order chi connectivity index (χ1) is 9.10. The van der Waals surface area contributed by atoms with Crippen molar-refractivity contribution in [2.24, 2.45) is 0 Å². The number of anilines is 1. The number of halogens is 2. The largest absolute Gasteiger partial charge is 0.342 e. The van der Waals surface area contributed by atoms with Crippen LogP contribution in [-0.2, 0) is 6.54 Å². The molecule has 0 saturated heterocycles. The Morgan fingerprint density at radius 3 is 3.00 bits per heavy atom. The molecule has 2 heterocycles. The molecule has 0 atom stereocenters. The smallest absolute Gasteiger partial charge is 0.273 e. The summed E-state index contributed by atoms with van der Waals surface area (Å²) in [5.41, 5.74) is 0.593. The van der Waals surface area contributed by atoms with E-state index in [4.69, 9.17) is 11.6 Å². The van der Waals surface area contributed by atoms with E-state index in [1.165, 1.54) is 0 Å². The number of amides is 1. The predicted molar refractivity (Wildman–Crippen MR) is 79.6 cm³/mol. The summed E-state index contributed by atoms with van der Waals surface area (Å²) in [5, 5.41) is 3.08. The van der Waals surface area contributed by atoms with Crippen molar-refractivity contribution >= 4 is 39.3 Å². The molecule has 2 rings (SSSR count). The van der Waals surface area contributed by atoms with Crippen molar-refractivity contribution in [2.75, 3.05) is 5.32 Å². The van der Waals surface area contributed by atoms with Gasteiger partial charge < -0.3 is 9.88 Å². The second-order valence-corrected chi connectivity index (χ2v) is 5.34. The lowest BCUT2D eigenvalue weighted by Gasteiger charge is -2.08. The van der Waals surface area contributed by atoms with Crippen LogP contribution in [0.3, 0.4) is 0 Å². The summed E-state index contributed by atoms with van der Waals surface area (Å²) in [4.78, 5) is 16.2. The molecule has 0 aromatic carbocycles. The molecule has 0 saturated carbocycles. The van der Waals surface area contributed by atoms with Crippen LogP contribution in [0.4, 0.5) is 5.82 Å². The second-order valence-electron chi connectivity index (χ2n) is 4.04. The molecule has 0 unspecified atom stereocenters. The van der Waals surface area contributed by atoms with Gasteiger partial charge in [-0.3, -0.25) is 4.79 Å². The zero-order valence-corrected chi connectivity index (χ0v) is 12.7. The molecule has 0 bridgehead atoms. The molecule has 0 aliphatic rings.